The number of alkyl halides is 3. The zero-order chi connectivity index (χ0) is 30.1. The largest absolute Gasteiger partial charge is 0.574 e. The highest BCUT2D eigenvalue weighted by Crippen LogP contribution is 2.39. The van der Waals surface area contributed by atoms with Crippen molar-refractivity contribution in [2.45, 2.75) is 12.9 Å². The molecule has 15 heteroatoms. The van der Waals surface area contributed by atoms with E-state index in [9.17, 15) is 18.0 Å². The first-order valence-corrected chi connectivity index (χ1v) is 13.2. The van der Waals surface area contributed by atoms with E-state index in [1.54, 1.807) is 15.6 Å². The van der Waals surface area contributed by atoms with Gasteiger partial charge in [0.25, 0.3) is 0 Å². The van der Waals surface area contributed by atoms with Crippen molar-refractivity contribution in [2.24, 2.45) is 0 Å². The van der Waals surface area contributed by atoms with Crippen LogP contribution in [-0.2, 0) is 16.1 Å². The molecule has 6 rings (SSSR count). The molecule has 222 valence electrons. The first kappa shape index (κ1) is 28.0. The fourth-order valence-corrected chi connectivity index (χ4v) is 4.93. The molecule has 0 unspecified atom stereocenters. The number of hydrogen-bond donors (Lipinski definition) is 2. The molecule has 0 aliphatic carbocycles. The highest BCUT2D eigenvalue weighted by molar-refractivity contribution is 6.01. The van der Waals surface area contributed by atoms with Crippen molar-refractivity contribution in [1.82, 2.24) is 24.7 Å². The highest BCUT2D eigenvalue weighted by atomic mass is 19.4. The zero-order valence-electron chi connectivity index (χ0n) is 22.9. The second kappa shape index (κ2) is 11.2. The van der Waals surface area contributed by atoms with Crippen LogP contribution in [0.3, 0.4) is 0 Å². The molecule has 2 aliphatic rings. The van der Waals surface area contributed by atoms with Gasteiger partial charge in [-0.3, -0.25) is 4.79 Å². The maximum absolute atomic E-state index is 13.5. The molecule has 0 radical (unpaired) electrons. The topological polar surface area (TPSA) is 123 Å². The number of pyridine rings is 1. The Bertz CT molecular complexity index is 1690. The summed E-state index contributed by atoms with van der Waals surface area (Å²) in [5.74, 6) is -0.917. The van der Waals surface area contributed by atoms with E-state index in [0.717, 1.165) is 28.6 Å². The first-order chi connectivity index (χ1) is 20.7. The number of morpholine rings is 1. The Morgan fingerprint density at radius 3 is 2.70 bits per heavy atom. The maximum Gasteiger partial charge on any atom is 0.574 e. The van der Waals surface area contributed by atoms with E-state index in [2.05, 4.69) is 41.8 Å². The zero-order valence-corrected chi connectivity index (χ0v) is 22.9. The van der Waals surface area contributed by atoms with Gasteiger partial charge in [-0.1, -0.05) is 24.8 Å². The van der Waals surface area contributed by atoms with Gasteiger partial charge in [0.05, 0.1) is 24.6 Å². The highest BCUT2D eigenvalue weighted by Gasteiger charge is 2.34. The lowest BCUT2D eigenvalue weighted by molar-refractivity contribution is -0.275. The molecule has 2 aliphatic heterocycles. The molecule has 43 heavy (non-hydrogen) atoms. The van der Waals surface area contributed by atoms with Crippen molar-refractivity contribution in [3.8, 4) is 23.0 Å². The van der Waals surface area contributed by atoms with Gasteiger partial charge in [-0.2, -0.15) is 15.1 Å². The number of ether oxygens (including phenoxy) is 2. The predicted octanol–water partition coefficient (Wildman–Crippen LogP) is 4.28. The molecule has 0 bridgehead atoms. The van der Waals surface area contributed by atoms with Crippen LogP contribution in [0.4, 0.5) is 42.0 Å². The third-order valence-corrected chi connectivity index (χ3v) is 6.82. The molecule has 12 nitrogen and oxygen atoms in total. The van der Waals surface area contributed by atoms with Gasteiger partial charge < -0.3 is 29.9 Å². The predicted molar refractivity (Wildman–Crippen MR) is 153 cm³/mol. The summed E-state index contributed by atoms with van der Waals surface area (Å²) in [6.07, 6.45) is -0.695. The van der Waals surface area contributed by atoms with Crippen LogP contribution in [0.2, 0.25) is 0 Å². The lowest BCUT2D eigenvalue weighted by Gasteiger charge is -2.30. The fourth-order valence-electron chi connectivity index (χ4n) is 4.93. The van der Waals surface area contributed by atoms with Gasteiger partial charge in [0.1, 0.15) is 5.69 Å². The van der Waals surface area contributed by atoms with Crippen LogP contribution >= 0.6 is 0 Å². The van der Waals surface area contributed by atoms with Crippen molar-refractivity contribution >= 4 is 34.7 Å². The number of nitrogens with one attached hydrogen (secondary N) is 2. The number of rotatable bonds is 7. The van der Waals surface area contributed by atoms with Gasteiger partial charge >= 0.3 is 6.36 Å². The molecule has 2 N–H and O–H groups in total. The summed E-state index contributed by atoms with van der Waals surface area (Å²) in [4.78, 5) is 28.8. The lowest BCUT2D eigenvalue weighted by Crippen LogP contribution is -2.37. The summed E-state index contributed by atoms with van der Waals surface area (Å²) in [5.41, 5.74) is 3.75. The molecule has 1 saturated heterocycles. The molecule has 0 saturated carbocycles. The van der Waals surface area contributed by atoms with Crippen molar-refractivity contribution in [3.05, 3.63) is 67.0 Å². The molecule has 1 fully saturated rings. The van der Waals surface area contributed by atoms with E-state index in [0.29, 0.717) is 38.7 Å². The minimum Gasteiger partial charge on any atom is -0.385 e. The number of aromatic nitrogens is 5. The minimum absolute atomic E-state index is 0.0440. The fraction of sp³-hybridized carbons (Fsp3) is 0.250. The minimum atomic E-state index is -5.04. The summed E-state index contributed by atoms with van der Waals surface area (Å²) in [5, 5.41) is 10.1. The molecule has 3 aromatic heterocycles. The van der Waals surface area contributed by atoms with Crippen LogP contribution in [0.25, 0.3) is 17.1 Å². The van der Waals surface area contributed by atoms with E-state index in [1.165, 1.54) is 12.3 Å². The van der Waals surface area contributed by atoms with Crippen molar-refractivity contribution in [2.75, 3.05) is 53.8 Å². The molecular weight excluding hydrogens is 567 g/mol. The molecule has 4 aromatic rings. The van der Waals surface area contributed by atoms with Gasteiger partial charge in [0.15, 0.2) is 11.6 Å². The van der Waals surface area contributed by atoms with Crippen molar-refractivity contribution in [1.29, 1.82) is 0 Å². The van der Waals surface area contributed by atoms with Crippen LogP contribution in [0, 0.1) is 0 Å². The van der Waals surface area contributed by atoms with E-state index in [1.807, 2.05) is 37.5 Å². The average Bonchev–Trinajstić information content (AvgIpc) is 3.43. The Kier molecular flexibility index (Phi) is 7.31. The molecule has 0 atom stereocenters. The monoisotopic (exact) mass is 593 g/mol. The van der Waals surface area contributed by atoms with Gasteiger partial charge in [-0.25, -0.2) is 9.67 Å². The molecule has 1 aromatic carbocycles. The Morgan fingerprint density at radius 2 is 1.93 bits per heavy atom. The number of anilines is 5. The normalized spacial score (nSPS) is 14.5. The van der Waals surface area contributed by atoms with Crippen LogP contribution < -0.4 is 25.2 Å². The second-order valence-corrected chi connectivity index (χ2v) is 9.74. The van der Waals surface area contributed by atoms with Gasteiger partial charge in [-0.05, 0) is 18.2 Å². The van der Waals surface area contributed by atoms with Gasteiger partial charge in [-0.15, -0.1) is 13.2 Å². The molecule has 5 heterocycles. The Labute approximate surface area is 243 Å². The Hall–Kier alpha value is -5.18. The summed E-state index contributed by atoms with van der Waals surface area (Å²) >= 11 is 0. The third kappa shape index (κ3) is 5.92. The van der Waals surface area contributed by atoms with E-state index >= 15 is 0 Å². The first-order valence-electron chi connectivity index (χ1n) is 13.2. The lowest BCUT2D eigenvalue weighted by atomic mass is 10.0. The van der Waals surface area contributed by atoms with E-state index < -0.39 is 18.1 Å². The van der Waals surface area contributed by atoms with Crippen LogP contribution in [0.1, 0.15) is 5.56 Å². The van der Waals surface area contributed by atoms with Crippen LogP contribution in [0.5, 0.6) is 5.88 Å². The Morgan fingerprint density at radius 1 is 1.14 bits per heavy atom. The summed E-state index contributed by atoms with van der Waals surface area (Å²) < 4.78 is 51.7. The smallest absolute Gasteiger partial charge is 0.385 e. The van der Waals surface area contributed by atoms with Crippen LogP contribution in [0.15, 0.2) is 61.4 Å². The number of benzene rings is 1. The number of hydrogen-bond acceptors (Lipinski definition) is 10. The Balaban J connectivity index is 1.37. The SMILES string of the molecule is C=CC(=O)Nc1cc(Nc2nccc(-n3cc4c(n3)-c3ccccc3N(C)C4)n2)c(OC(F)(F)F)nc1N1CCOCC1. The third-order valence-electron chi connectivity index (χ3n) is 6.82. The number of carbonyl (C=O) groups is 1. The van der Waals surface area contributed by atoms with Crippen LogP contribution in [-0.4, -0.2) is 70.4 Å². The van der Waals surface area contributed by atoms with E-state index in [-0.39, 0.29) is 23.1 Å². The van der Waals surface area contributed by atoms with Gasteiger partial charge in [0, 0.05) is 62.0 Å². The number of nitrogens with zero attached hydrogens (tertiary/aromatic N) is 7. The van der Waals surface area contributed by atoms with E-state index in [4.69, 9.17) is 9.84 Å². The summed E-state index contributed by atoms with van der Waals surface area (Å²) in [6, 6.07) is 10.8. The number of halogens is 3. The van der Waals surface area contributed by atoms with Gasteiger partial charge in [0.2, 0.25) is 17.7 Å². The summed E-state index contributed by atoms with van der Waals surface area (Å²) in [7, 11) is 2.00. The molecule has 0 spiro atoms. The number of fused-ring (bicyclic) bond motifs is 3. The standard InChI is InChI=1S/C28H26F3N9O3/c1-3-23(41)33-19-14-20(26(43-28(29,30)31)36-25(19)39-10-12-42-13-11-39)34-27-32-9-8-22(35-27)40-16-17-15-38(2)21-7-5-4-6-18(21)24(17)37-40/h3-9,14,16H,1,10-13,15H2,2H3,(H,33,41)(H,32,34,35). The molecular formula is C28H26F3N9O3. The number of para-hydroxylation sites is 1. The van der Waals surface area contributed by atoms with Crippen molar-refractivity contribution in [3.63, 3.8) is 0 Å². The number of amides is 1. The second-order valence-electron chi connectivity index (χ2n) is 9.74. The quantitative estimate of drug-likeness (QED) is 0.300. The summed E-state index contributed by atoms with van der Waals surface area (Å²) in [6.45, 7) is 5.46. The number of carbonyl (C=O) groups excluding carboxylic acids is 1. The van der Waals surface area contributed by atoms with Crippen molar-refractivity contribution < 1.29 is 27.4 Å². The average molecular weight is 594 g/mol. The maximum atomic E-state index is 13.5. The molecule has 1 amide bonds.